The second-order valence-corrected chi connectivity index (χ2v) is 7.39. The van der Waals surface area contributed by atoms with E-state index in [1.807, 2.05) is 6.92 Å². The fourth-order valence-electron chi connectivity index (χ4n) is 4.02. The van der Waals surface area contributed by atoms with E-state index in [-0.39, 0.29) is 5.75 Å². The number of hydrogen-bond acceptors (Lipinski definition) is 4. The minimum atomic E-state index is -0.398. The van der Waals surface area contributed by atoms with E-state index in [2.05, 4.69) is 41.2 Å². The lowest BCUT2D eigenvalue weighted by Crippen LogP contribution is -2.27. The Balaban J connectivity index is 1.57. The number of aryl methyl sites for hydroxylation is 2. The van der Waals surface area contributed by atoms with Gasteiger partial charge in [-0.25, -0.2) is 9.37 Å². The van der Waals surface area contributed by atoms with Crippen LogP contribution in [0, 0.1) is 12.7 Å². The Hall–Kier alpha value is -2.66. The Kier molecular flexibility index (Phi) is 5.18. The quantitative estimate of drug-likeness (QED) is 0.601. The van der Waals surface area contributed by atoms with Crippen molar-refractivity contribution in [2.75, 3.05) is 14.2 Å². The third-order valence-corrected chi connectivity index (χ3v) is 5.56. The van der Waals surface area contributed by atoms with Gasteiger partial charge < -0.3 is 9.15 Å². The first-order valence-electron chi connectivity index (χ1n) is 9.65. The molecule has 1 heterocycles. The predicted octanol–water partition coefficient (Wildman–Crippen LogP) is 5.31. The zero-order valence-electron chi connectivity index (χ0n) is 16.5. The Morgan fingerprint density at radius 3 is 2.89 bits per heavy atom. The molecule has 0 aliphatic heterocycles. The van der Waals surface area contributed by atoms with Crippen LogP contribution in [0.1, 0.15) is 41.5 Å². The first kappa shape index (κ1) is 18.7. The summed E-state index contributed by atoms with van der Waals surface area (Å²) in [5.74, 6) is 1.06. The highest BCUT2D eigenvalue weighted by atomic mass is 19.1. The molecule has 0 fully saturated rings. The van der Waals surface area contributed by atoms with Crippen molar-refractivity contribution in [3.05, 3.63) is 70.9 Å². The van der Waals surface area contributed by atoms with Crippen LogP contribution in [0.5, 0.6) is 5.75 Å². The van der Waals surface area contributed by atoms with Crippen LogP contribution in [0.15, 0.2) is 46.9 Å². The SMILES string of the molecule is COc1cc(-c2nc(CN(C)[C@H]3CCCc4ccccc43)c(C)o2)ccc1F. The van der Waals surface area contributed by atoms with E-state index >= 15 is 0 Å². The van der Waals surface area contributed by atoms with E-state index in [0.717, 1.165) is 24.3 Å². The molecular weight excluding hydrogens is 355 g/mol. The fourth-order valence-corrected chi connectivity index (χ4v) is 4.02. The number of hydrogen-bond donors (Lipinski definition) is 0. The van der Waals surface area contributed by atoms with Crippen molar-refractivity contribution in [2.24, 2.45) is 0 Å². The van der Waals surface area contributed by atoms with Crippen molar-refractivity contribution in [2.45, 2.75) is 38.8 Å². The van der Waals surface area contributed by atoms with E-state index in [9.17, 15) is 4.39 Å². The molecule has 0 amide bonds. The van der Waals surface area contributed by atoms with Gasteiger partial charge in [-0.15, -0.1) is 0 Å². The predicted molar refractivity (Wildman–Crippen MR) is 107 cm³/mol. The second kappa shape index (κ2) is 7.76. The molecule has 4 rings (SSSR count). The lowest BCUT2D eigenvalue weighted by molar-refractivity contribution is 0.210. The van der Waals surface area contributed by atoms with Crippen LogP contribution in [0.4, 0.5) is 4.39 Å². The molecule has 0 bridgehead atoms. The molecule has 1 aliphatic rings. The molecule has 1 aliphatic carbocycles. The minimum Gasteiger partial charge on any atom is -0.494 e. The van der Waals surface area contributed by atoms with Gasteiger partial charge in [0.1, 0.15) is 5.76 Å². The van der Waals surface area contributed by atoms with Crippen LogP contribution < -0.4 is 4.74 Å². The summed E-state index contributed by atoms with van der Waals surface area (Å²) in [7, 11) is 3.59. The fraction of sp³-hybridized carbons (Fsp3) is 0.348. The second-order valence-electron chi connectivity index (χ2n) is 7.39. The van der Waals surface area contributed by atoms with Gasteiger partial charge >= 0.3 is 0 Å². The normalized spacial score (nSPS) is 16.2. The lowest BCUT2D eigenvalue weighted by Gasteiger charge is -2.33. The first-order chi connectivity index (χ1) is 13.6. The maximum Gasteiger partial charge on any atom is 0.226 e. The first-order valence-corrected chi connectivity index (χ1v) is 9.65. The van der Waals surface area contributed by atoms with Gasteiger partial charge in [0.15, 0.2) is 11.6 Å². The molecule has 1 atom stereocenters. The third-order valence-electron chi connectivity index (χ3n) is 5.56. The molecule has 5 heteroatoms. The van der Waals surface area contributed by atoms with Gasteiger partial charge in [-0.05, 0) is 62.6 Å². The van der Waals surface area contributed by atoms with Crippen molar-refractivity contribution < 1.29 is 13.5 Å². The van der Waals surface area contributed by atoms with Gasteiger partial charge in [0.2, 0.25) is 5.89 Å². The number of methoxy groups -OCH3 is 1. The number of oxazole rings is 1. The van der Waals surface area contributed by atoms with Crippen molar-refractivity contribution in [1.29, 1.82) is 0 Å². The van der Waals surface area contributed by atoms with Crippen LogP contribution in [-0.2, 0) is 13.0 Å². The number of halogens is 1. The number of ether oxygens (including phenoxy) is 1. The van der Waals surface area contributed by atoms with Crippen molar-refractivity contribution in [3.63, 3.8) is 0 Å². The monoisotopic (exact) mass is 380 g/mol. The molecule has 3 aromatic rings. The topological polar surface area (TPSA) is 38.5 Å². The van der Waals surface area contributed by atoms with Gasteiger partial charge in [0.05, 0.1) is 12.8 Å². The van der Waals surface area contributed by atoms with Gasteiger partial charge in [0, 0.05) is 18.2 Å². The molecule has 146 valence electrons. The standard InChI is InChI=1S/C23H25FN2O2/c1-15-20(25-23(28-15)17-11-12-19(24)22(13-17)27-3)14-26(2)21-10-6-8-16-7-4-5-9-18(16)21/h4-5,7,9,11-13,21H,6,8,10,14H2,1-3H3/t21-/m0/s1. The molecule has 0 unspecified atom stereocenters. The molecule has 0 radical (unpaired) electrons. The van der Waals surface area contributed by atoms with E-state index in [1.165, 1.54) is 30.7 Å². The minimum absolute atomic E-state index is 0.186. The van der Waals surface area contributed by atoms with Crippen LogP contribution in [0.25, 0.3) is 11.5 Å². The molecule has 0 saturated carbocycles. The third kappa shape index (κ3) is 3.54. The summed E-state index contributed by atoms with van der Waals surface area (Å²) in [6.45, 7) is 2.63. The maximum absolute atomic E-state index is 13.7. The number of benzene rings is 2. The Labute approximate surface area is 165 Å². The maximum atomic E-state index is 13.7. The average molecular weight is 380 g/mol. The van der Waals surface area contributed by atoms with E-state index in [1.54, 1.807) is 12.1 Å². The summed E-state index contributed by atoms with van der Waals surface area (Å²) < 4.78 is 24.6. The molecular formula is C23H25FN2O2. The highest BCUT2D eigenvalue weighted by molar-refractivity contribution is 5.56. The molecule has 4 nitrogen and oxygen atoms in total. The van der Waals surface area contributed by atoms with Gasteiger partial charge in [-0.3, -0.25) is 4.90 Å². The Bertz CT molecular complexity index is 982. The van der Waals surface area contributed by atoms with Gasteiger partial charge in [0.25, 0.3) is 0 Å². The van der Waals surface area contributed by atoms with E-state index in [4.69, 9.17) is 9.15 Å². The van der Waals surface area contributed by atoms with Gasteiger partial charge in [-0.1, -0.05) is 24.3 Å². The molecule has 0 spiro atoms. The zero-order valence-corrected chi connectivity index (χ0v) is 16.5. The largest absolute Gasteiger partial charge is 0.494 e. The number of rotatable bonds is 5. The summed E-state index contributed by atoms with van der Waals surface area (Å²) in [6.07, 6.45) is 3.50. The molecule has 2 aromatic carbocycles. The van der Waals surface area contributed by atoms with Crippen molar-refractivity contribution >= 4 is 0 Å². The summed E-state index contributed by atoms with van der Waals surface area (Å²) in [5.41, 5.74) is 4.48. The van der Waals surface area contributed by atoms with Crippen LogP contribution >= 0.6 is 0 Å². The molecule has 0 saturated heterocycles. The Morgan fingerprint density at radius 2 is 2.07 bits per heavy atom. The van der Waals surface area contributed by atoms with E-state index in [0.29, 0.717) is 24.0 Å². The number of fused-ring (bicyclic) bond motifs is 1. The molecule has 28 heavy (non-hydrogen) atoms. The van der Waals surface area contributed by atoms with Crippen LogP contribution in [-0.4, -0.2) is 24.0 Å². The summed E-state index contributed by atoms with van der Waals surface area (Å²) >= 11 is 0. The van der Waals surface area contributed by atoms with Crippen molar-refractivity contribution in [3.8, 4) is 17.2 Å². The van der Waals surface area contributed by atoms with Crippen molar-refractivity contribution in [1.82, 2.24) is 9.88 Å². The summed E-state index contributed by atoms with van der Waals surface area (Å²) in [5, 5.41) is 0. The lowest BCUT2D eigenvalue weighted by atomic mass is 9.87. The Morgan fingerprint density at radius 1 is 1.25 bits per heavy atom. The highest BCUT2D eigenvalue weighted by Gasteiger charge is 2.25. The van der Waals surface area contributed by atoms with Crippen LogP contribution in [0.2, 0.25) is 0 Å². The average Bonchev–Trinajstić information content (AvgIpc) is 3.08. The summed E-state index contributed by atoms with van der Waals surface area (Å²) in [4.78, 5) is 7.03. The molecule has 0 N–H and O–H groups in total. The highest BCUT2D eigenvalue weighted by Crippen LogP contribution is 2.35. The number of nitrogens with zero attached hydrogens (tertiary/aromatic N) is 2. The molecule has 1 aromatic heterocycles. The van der Waals surface area contributed by atoms with Crippen LogP contribution in [0.3, 0.4) is 0 Å². The summed E-state index contributed by atoms with van der Waals surface area (Å²) in [6, 6.07) is 13.7. The number of aromatic nitrogens is 1. The van der Waals surface area contributed by atoms with E-state index < -0.39 is 5.82 Å². The van der Waals surface area contributed by atoms with Gasteiger partial charge in [-0.2, -0.15) is 0 Å². The smallest absolute Gasteiger partial charge is 0.226 e. The zero-order chi connectivity index (χ0) is 19.7.